The Hall–Kier alpha value is -2.00. The predicted octanol–water partition coefficient (Wildman–Crippen LogP) is -3.52. The number of cyclic esters (lactones) is 2. The zero-order valence-corrected chi connectivity index (χ0v) is 12.6. The molecule has 1 aliphatic heterocycles. The first-order valence-electron chi connectivity index (χ1n) is 7.48. The van der Waals surface area contributed by atoms with E-state index in [9.17, 15) is 29.4 Å². The minimum atomic E-state index is -1.38. The summed E-state index contributed by atoms with van der Waals surface area (Å²) in [4.78, 5) is 47.6. The molecular weight excluding hydrogens is 308 g/mol. The van der Waals surface area contributed by atoms with E-state index in [0.29, 0.717) is 12.8 Å². The molecule has 0 aromatic heterocycles. The molecule has 9 heteroatoms. The van der Waals surface area contributed by atoms with Gasteiger partial charge in [0.15, 0.2) is 0 Å². The van der Waals surface area contributed by atoms with Crippen LogP contribution in [0.2, 0.25) is 0 Å². The number of ether oxygens (including phenoxy) is 1. The molecule has 2 atom stereocenters. The van der Waals surface area contributed by atoms with Crippen LogP contribution in [0.4, 0.5) is 0 Å². The van der Waals surface area contributed by atoms with Gasteiger partial charge in [0.2, 0.25) is 0 Å². The van der Waals surface area contributed by atoms with Crippen LogP contribution in [0.5, 0.6) is 0 Å². The van der Waals surface area contributed by atoms with Crippen LogP contribution < -0.4 is 10.2 Å². The molecule has 2 aliphatic rings. The second-order valence-electron chi connectivity index (χ2n) is 5.82. The lowest BCUT2D eigenvalue weighted by Crippen LogP contribution is -2.60. The molecule has 1 heterocycles. The van der Waals surface area contributed by atoms with E-state index < -0.39 is 43.0 Å². The van der Waals surface area contributed by atoms with Gasteiger partial charge in [-0.15, -0.1) is 0 Å². The lowest BCUT2D eigenvalue weighted by atomic mass is 9.87. The highest BCUT2D eigenvalue weighted by Gasteiger charge is 2.38. The van der Waals surface area contributed by atoms with Crippen molar-refractivity contribution in [3.63, 3.8) is 0 Å². The molecule has 0 spiro atoms. The summed E-state index contributed by atoms with van der Waals surface area (Å²) < 4.78 is 4.49. The number of esters is 2. The molecule has 0 bridgehead atoms. The topological polar surface area (TPSA) is 130 Å². The van der Waals surface area contributed by atoms with Crippen molar-refractivity contribution in [2.24, 2.45) is 0 Å². The number of hydrogen-bond acceptors (Lipinski definition) is 9. The standard InChI is InChI=1S/C14H20N2O7/c17-11(18)5-15(6-12(19)20)9-3-1-2-4-10(9)16-7-13(21)23-14(22)8-16/h9-10H,1-8H2,(H,17,18)(H,19,20)/p-2/t9-,10-/m1/s1. The fraction of sp³-hybridized carbons (Fsp3) is 0.714. The Morgan fingerprint density at radius 1 is 1.04 bits per heavy atom. The number of carboxylic acid groups (broad SMARTS) is 2. The largest absolute Gasteiger partial charge is 0.549 e. The molecule has 2 rings (SSSR count). The van der Waals surface area contributed by atoms with Gasteiger partial charge in [-0.25, -0.2) is 0 Å². The zero-order valence-electron chi connectivity index (χ0n) is 12.6. The van der Waals surface area contributed by atoms with Crippen LogP contribution in [0.15, 0.2) is 0 Å². The maximum Gasteiger partial charge on any atom is 0.327 e. The van der Waals surface area contributed by atoms with Crippen molar-refractivity contribution in [1.82, 2.24) is 9.80 Å². The monoisotopic (exact) mass is 326 g/mol. The van der Waals surface area contributed by atoms with E-state index in [1.807, 2.05) is 0 Å². The lowest BCUT2D eigenvalue weighted by Gasteiger charge is -2.45. The van der Waals surface area contributed by atoms with Gasteiger partial charge in [0.1, 0.15) is 0 Å². The van der Waals surface area contributed by atoms with Gasteiger partial charge >= 0.3 is 11.9 Å². The molecule has 9 nitrogen and oxygen atoms in total. The summed E-state index contributed by atoms with van der Waals surface area (Å²) in [6.07, 6.45) is 2.88. The van der Waals surface area contributed by atoms with Crippen molar-refractivity contribution >= 4 is 23.9 Å². The summed E-state index contributed by atoms with van der Waals surface area (Å²) >= 11 is 0. The molecular formula is C14H18N2O7-2. The molecule has 1 saturated heterocycles. The molecule has 0 N–H and O–H groups in total. The number of carbonyl (C=O) groups is 4. The highest BCUT2D eigenvalue weighted by molar-refractivity contribution is 5.90. The Morgan fingerprint density at radius 3 is 2.09 bits per heavy atom. The van der Waals surface area contributed by atoms with Crippen LogP contribution in [0.3, 0.4) is 0 Å². The number of carboxylic acids is 2. The Labute approximate surface area is 132 Å². The second kappa shape index (κ2) is 7.51. The number of hydrogen-bond donors (Lipinski definition) is 0. The molecule has 1 saturated carbocycles. The normalized spacial score (nSPS) is 26.1. The predicted molar refractivity (Wildman–Crippen MR) is 70.3 cm³/mol. The number of morpholine rings is 1. The number of aliphatic carboxylic acids is 2. The first-order chi connectivity index (χ1) is 10.9. The van der Waals surface area contributed by atoms with Crippen molar-refractivity contribution in [1.29, 1.82) is 0 Å². The molecule has 23 heavy (non-hydrogen) atoms. The highest BCUT2D eigenvalue weighted by Crippen LogP contribution is 2.28. The van der Waals surface area contributed by atoms with Crippen molar-refractivity contribution in [3.8, 4) is 0 Å². The van der Waals surface area contributed by atoms with E-state index >= 15 is 0 Å². The molecule has 1 aliphatic carbocycles. The molecule has 0 aromatic carbocycles. The lowest BCUT2D eigenvalue weighted by molar-refractivity contribution is -0.311. The van der Waals surface area contributed by atoms with Gasteiger partial charge in [-0.3, -0.25) is 19.4 Å². The van der Waals surface area contributed by atoms with Gasteiger partial charge < -0.3 is 24.5 Å². The molecule has 2 fully saturated rings. The Bertz CT molecular complexity index is 475. The van der Waals surface area contributed by atoms with Crippen molar-refractivity contribution in [3.05, 3.63) is 0 Å². The van der Waals surface area contributed by atoms with Crippen LogP contribution in [-0.2, 0) is 23.9 Å². The van der Waals surface area contributed by atoms with Gasteiger partial charge in [0.05, 0.1) is 25.0 Å². The van der Waals surface area contributed by atoms with E-state index in [4.69, 9.17) is 0 Å². The smallest absolute Gasteiger partial charge is 0.327 e. The molecule has 0 aromatic rings. The fourth-order valence-electron chi connectivity index (χ4n) is 3.38. The van der Waals surface area contributed by atoms with Crippen molar-refractivity contribution in [2.45, 2.75) is 37.8 Å². The van der Waals surface area contributed by atoms with Gasteiger partial charge in [0, 0.05) is 25.2 Å². The summed E-state index contributed by atoms with van der Waals surface area (Å²) in [6, 6.07) is -0.697. The van der Waals surface area contributed by atoms with E-state index in [1.54, 1.807) is 4.90 Å². The van der Waals surface area contributed by atoms with E-state index in [0.717, 1.165) is 12.8 Å². The van der Waals surface area contributed by atoms with Crippen LogP contribution in [-0.4, -0.2) is 71.9 Å². The summed E-state index contributed by atoms with van der Waals surface area (Å²) in [5, 5.41) is 21.8. The Kier molecular flexibility index (Phi) is 5.67. The maximum atomic E-state index is 11.5. The van der Waals surface area contributed by atoms with Crippen LogP contribution >= 0.6 is 0 Å². The van der Waals surface area contributed by atoms with Gasteiger partial charge in [-0.2, -0.15) is 0 Å². The van der Waals surface area contributed by atoms with Crippen molar-refractivity contribution < 1.29 is 34.1 Å². The second-order valence-corrected chi connectivity index (χ2v) is 5.82. The zero-order chi connectivity index (χ0) is 17.0. The molecule has 128 valence electrons. The third kappa shape index (κ3) is 4.73. The van der Waals surface area contributed by atoms with Crippen LogP contribution in [0, 0.1) is 0 Å². The van der Waals surface area contributed by atoms with E-state index in [2.05, 4.69) is 4.74 Å². The van der Waals surface area contributed by atoms with Crippen molar-refractivity contribution in [2.75, 3.05) is 26.2 Å². The van der Waals surface area contributed by atoms with E-state index in [-0.39, 0.29) is 19.1 Å². The van der Waals surface area contributed by atoms with Gasteiger partial charge in [0.25, 0.3) is 0 Å². The summed E-state index contributed by atoms with van der Waals surface area (Å²) in [7, 11) is 0. The highest BCUT2D eigenvalue weighted by atomic mass is 16.6. The summed E-state index contributed by atoms with van der Waals surface area (Å²) in [6.45, 7) is -1.22. The summed E-state index contributed by atoms with van der Waals surface area (Å²) in [5.74, 6) is -4.08. The fourth-order valence-corrected chi connectivity index (χ4v) is 3.38. The van der Waals surface area contributed by atoms with Gasteiger partial charge in [-0.1, -0.05) is 12.8 Å². The minimum Gasteiger partial charge on any atom is -0.549 e. The number of rotatable bonds is 6. The van der Waals surface area contributed by atoms with Crippen LogP contribution in [0.1, 0.15) is 25.7 Å². The Balaban J connectivity index is 2.17. The van der Waals surface area contributed by atoms with Crippen LogP contribution in [0.25, 0.3) is 0 Å². The summed E-state index contributed by atoms with van der Waals surface area (Å²) in [5.41, 5.74) is 0. The average molecular weight is 326 g/mol. The first-order valence-corrected chi connectivity index (χ1v) is 7.48. The minimum absolute atomic E-state index is 0.0720. The molecule has 0 amide bonds. The first kappa shape index (κ1) is 17.4. The molecule has 0 unspecified atom stereocenters. The maximum absolute atomic E-state index is 11.5. The average Bonchev–Trinajstić information content (AvgIpc) is 2.44. The third-order valence-corrected chi connectivity index (χ3v) is 4.19. The SMILES string of the molecule is O=C([O-])CN(CC(=O)[O-])[C@@H]1CCCC[C@H]1N1CC(=O)OC(=O)C1. The number of carbonyl (C=O) groups excluding carboxylic acids is 4. The van der Waals surface area contributed by atoms with E-state index in [1.165, 1.54) is 4.90 Å². The number of nitrogens with zero attached hydrogens (tertiary/aromatic N) is 2. The quantitative estimate of drug-likeness (QED) is 0.360. The third-order valence-electron chi connectivity index (χ3n) is 4.19. The molecule has 0 radical (unpaired) electrons. The Morgan fingerprint density at radius 2 is 1.57 bits per heavy atom. The van der Waals surface area contributed by atoms with Gasteiger partial charge in [-0.05, 0) is 12.8 Å².